The Morgan fingerprint density at radius 3 is 2.52 bits per heavy atom. The second kappa shape index (κ2) is 8.88. The van der Waals surface area contributed by atoms with Crippen LogP contribution in [0.3, 0.4) is 0 Å². The van der Waals surface area contributed by atoms with E-state index in [9.17, 15) is 4.79 Å². The summed E-state index contributed by atoms with van der Waals surface area (Å²) in [4.78, 5) is 23.6. The summed E-state index contributed by atoms with van der Waals surface area (Å²) < 4.78 is 1.84. The third-order valence-corrected chi connectivity index (χ3v) is 5.48. The van der Waals surface area contributed by atoms with Crippen LogP contribution in [-0.2, 0) is 11.2 Å². The molecule has 7 nitrogen and oxygen atoms in total. The fourth-order valence-corrected chi connectivity index (χ4v) is 3.98. The summed E-state index contributed by atoms with van der Waals surface area (Å²) in [6, 6.07) is 13.9. The van der Waals surface area contributed by atoms with Crippen molar-refractivity contribution in [3.63, 3.8) is 0 Å². The second-order valence-electron chi connectivity index (χ2n) is 9.32. The van der Waals surface area contributed by atoms with E-state index in [-0.39, 0.29) is 17.2 Å². The van der Waals surface area contributed by atoms with Gasteiger partial charge in [-0.3, -0.25) is 4.79 Å². The third kappa shape index (κ3) is 5.29. The predicted molar refractivity (Wildman–Crippen MR) is 122 cm³/mol. The number of rotatable bonds is 5. The first-order valence-electron chi connectivity index (χ1n) is 10.9. The van der Waals surface area contributed by atoms with Crippen LogP contribution < -0.4 is 10.2 Å². The first-order valence-corrected chi connectivity index (χ1v) is 10.9. The minimum atomic E-state index is -0.0247. The molecule has 2 aromatic heterocycles. The number of anilines is 2. The molecule has 7 heteroatoms. The van der Waals surface area contributed by atoms with Crippen LogP contribution in [0.1, 0.15) is 39.3 Å². The lowest BCUT2D eigenvalue weighted by molar-refractivity contribution is -0.120. The molecule has 31 heavy (non-hydrogen) atoms. The maximum absolute atomic E-state index is 13.1. The van der Waals surface area contributed by atoms with Gasteiger partial charge in [0, 0.05) is 31.3 Å². The minimum Gasteiger partial charge on any atom is -0.356 e. The van der Waals surface area contributed by atoms with Crippen molar-refractivity contribution in [2.24, 2.45) is 11.3 Å². The molecule has 0 radical (unpaired) electrons. The van der Waals surface area contributed by atoms with Crippen molar-refractivity contribution in [1.29, 1.82) is 0 Å². The molecular weight excluding hydrogens is 388 g/mol. The third-order valence-electron chi connectivity index (χ3n) is 5.48. The quantitative estimate of drug-likeness (QED) is 0.675. The number of carbonyl (C=O) groups is 1. The van der Waals surface area contributed by atoms with Crippen LogP contribution in [-0.4, -0.2) is 38.7 Å². The standard InChI is InChI=1S/C24H30N6O/c1-24(2,3)16-19-15-22(30(28-19)20-7-5-4-6-8-20)27-23(31)18-10-13-29(14-11-18)21-9-12-25-17-26-21/h4-9,12,15,17-18H,10-11,13-14,16H2,1-3H3,(H,27,31). The van der Waals surface area contributed by atoms with Crippen molar-refractivity contribution in [1.82, 2.24) is 19.7 Å². The Hall–Kier alpha value is -3.22. The second-order valence-corrected chi connectivity index (χ2v) is 9.32. The Balaban J connectivity index is 1.47. The number of para-hydroxylation sites is 1. The Bertz CT molecular complexity index is 1000. The van der Waals surface area contributed by atoms with Gasteiger partial charge in [-0.2, -0.15) is 5.10 Å². The van der Waals surface area contributed by atoms with E-state index in [0.717, 1.165) is 55.4 Å². The molecule has 0 spiro atoms. The number of nitrogens with zero attached hydrogens (tertiary/aromatic N) is 5. The van der Waals surface area contributed by atoms with Crippen LogP contribution in [0, 0.1) is 11.3 Å². The largest absolute Gasteiger partial charge is 0.356 e. The van der Waals surface area contributed by atoms with E-state index in [0.29, 0.717) is 0 Å². The van der Waals surface area contributed by atoms with E-state index in [4.69, 9.17) is 5.10 Å². The van der Waals surface area contributed by atoms with Crippen LogP contribution in [0.25, 0.3) is 5.69 Å². The highest BCUT2D eigenvalue weighted by atomic mass is 16.2. The van der Waals surface area contributed by atoms with Gasteiger partial charge in [0.15, 0.2) is 0 Å². The van der Waals surface area contributed by atoms with Crippen molar-refractivity contribution < 1.29 is 4.79 Å². The van der Waals surface area contributed by atoms with Crippen molar-refractivity contribution in [3.05, 3.63) is 60.7 Å². The number of benzene rings is 1. The molecular formula is C24H30N6O. The van der Waals surface area contributed by atoms with E-state index in [1.807, 2.05) is 47.1 Å². The fourth-order valence-electron chi connectivity index (χ4n) is 3.98. The molecule has 1 N–H and O–H groups in total. The zero-order valence-electron chi connectivity index (χ0n) is 18.5. The summed E-state index contributed by atoms with van der Waals surface area (Å²) in [5.74, 6) is 1.68. The molecule has 4 rings (SSSR count). The van der Waals surface area contributed by atoms with E-state index in [1.165, 1.54) is 0 Å². The number of piperidine rings is 1. The van der Waals surface area contributed by atoms with Crippen molar-refractivity contribution in [2.45, 2.75) is 40.0 Å². The number of nitrogens with one attached hydrogen (secondary N) is 1. The Morgan fingerprint density at radius 2 is 1.87 bits per heavy atom. The van der Waals surface area contributed by atoms with E-state index in [1.54, 1.807) is 12.5 Å². The van der Waals surface area contributed by atoms with Crippen molar-refractivity contribution >= 4 is 17.5 Å². The summed E-state index contributed by atoms with van der Waals surface area (Å²) in [7, 11) is 0. The normalized spacial score (nSPS) is 15.1. The average molecular weight is 419 g/mol. The molecule has 0 unspecified atom stereocenters. The maximum atomic E-state index is 13.1. The van der Waals surface area contributed by atoms with Gasteiger partial charge in [-0.05, 0) is 42.9 Å². The lowest BCUT2D eigenvalue weighted by Crippen LogP contribution is -2.38. The van der Waals surface area contributed by atoms with Crippen LogP contribution in [0.4, 0.5) is 11.6 Å². The average Bonchev–Trinajstić information content (AvgIpc) is 3.15. The van der Waals surface area contributed by atoms with E-state index in [2.05, 4.69) is 41.0 Å². The van der Waals surface area contributed by atoms with Gasteiger partial charge in [-0.1, -0.05) is 39.0 Å². The van der Waals surface area contributed by atoms with Gasteiger partial charge in [0.25, 0.3) is 0 Å². The van der Waals surface area contributed by atoms with Gasteiger partial charge in [-0.15, -0.1) is 0 Å². The number of hydrogen-bond acceptors (Lipinski definition) is 5. The lowest BCUT2D eigenvalue weighted by atomic mass is 9.91. The number of aromatic nitrogens is 4. The predicted octanol–water partition coefficient (Wildman–Crippen LogP) is 4.11. The summed E-state index contributed by atoms with van der Waals surface area (Å²) in [5, 5.41) is 7.95. The molecule has 1 aromatic carbocycles. The highest BCUT2D eigenvalue weighted by molar-refractivity contribution is 5.92. The SMILES string of the molecule is CC(C)(C)Cc1cc(NC(=O)C2CCN(c3ccncn3)CC2)n(-c2ccccc2)n1. The summed E-state index contributed by atoms with van der Waals surface area (Å²) in [6.07, 6.45) is 5.75. The Labute approximate surface area is 183 Å². The number of amides is 1. The molecule has 0 atom stereocenters. The van der Waals surface area contributed by atoms with E-state index >= 15 is 0 Å². The minimum absolute atomic E-state index is 0.0247. The topological polar surface area (TPSA) is 75.9 Å². The number of carbonyl (C=O) groups excluding carboxylic acids is 1. The van der Waals surface area contributed by atoms with Gasteiger partial charge in [-0.25, -0.2) is 14.6 Å². The lowest BCUT2D eigenvalue weighted by Gasteiger charge is -2.32. The molecule has 3 heterocycles. The summed E-state index contributed by atoms with van der Waals surface area (Å²) in [5.41, 5.74) is 2.03. The molecule has 3 aromatic rings. The molecule has 162 valence electrons. The molecule has 1 aliphatic heterocycles. The Kier molecular flexibility index (Phi) is 6.02. The molecule has 1 amide bonds. The van der Waals surface area contributed by atoms with Gasteiger partial charge in [0.2, 0.25) is 5.91 Å². The highest BCUT2D eigenvalue weighted by Crippen LogP contribution is 2.26. The molecule has 0 bridgehead atoms. The first-order chi connectivity index (χ1) is 14.9. The highest BCUT2D eigenvalue weighted by Gasteiger charge is 2.27. The Morgan fingerprint density at radius 1 is 1.13 bits per heavy atom. The molecule has 1 saturated heterocycles. The monoisotopic (exact) mass is 418 g/mol. The van der Waals surface area contributed by atoms with Gasteiger partial charge in [0.05, 0.1) is 11.4 Å². The van der Waals surface area contributed by atoms with Gasteiger partial charge in [0.1, 0.15) is 18.0 Å². The van der Waals surface area contributed by atoms with Crippen LogP contribution in [0.2, 0.25) is 0 Å². The fraction of sp³-hybridized carbons (Fsp3) is 0.417. The maximum Gasteiger partial charge on any atom is 0.228 e. The van der Waals surface area contributed by atoms with Crippen LogP contribution in [0.5, 0.6) is 0 Å². The van der Waals surface area contributed by atoms with Gasteiger partial charge >= 0.3 is 0 Å². The zero-order chi connectivity index (χ0) is 21.8. The number of hydrogen-bond donors (Lipinski definition) is 1. The zero-order valence-corrected chi connectivity index (χ0v) is 18.5. The van der Waals surface area contributed by atoms with E-state index < -0.39 is 0 Å². The van der Waals surface area contributed by atoms with Crippen LogP contribution in [0.15, 0.2) is 55.0 Å². The summed E-state index contributed by atoms with van der Waals surface area (Å²) in [6.45, 7) is 8.19. The molecule has 1 fully saturated rings. The molecule has 1 aliphatic rings. The van der Waals surface area contributed by atoms with Crippen LogP contribution >= 0.6 is 0 Å². The van der Waals surface area contributed by atoms with Crippen molar-refractivity contribution in [3.8, 4) is 5.69 Å². The van der Waals surface area contributed by atoms with Gasteiger partial charge < -0.3 is 10.2 Å². The summed E-state index contributed by atoms with van der Waals surface area (Å²) >= 11 is 0. The molecule has 0 saturated carbocycles. The smallest absolute Gasteiger partial charge is 0.228 e. The first kappa shape index (κ1) is 21.0. The molecule has 0 aliphatic carbocycles. The van der Waals surface area contributed by atoms with Crippen molar-refractivity contribution in [2.75, 3.05) is 23.3 Å².